The third-order valence-electron chi connectivity index (χ3n) is 5.28. The lowest BCUT2D eigenvalue weighted by atomic mass is 9.85. The van der Waals surface area contributed by atoms with E-state index in [1.807, 2.05) is 47.0 Å². The summed E-state index contributed by atoms with van der Waals surface area (Å²) in [5, 5.41) is 4.79. The zero-order valence-electron chi connectivity index (χ0n) is 15.5. The molecule has 1 atom stereocenters. The van der Waals surface area contributed by atoms with Gasteiger partial charge in [0.15, 0.2) is 11.4 Å². The number of aromatic nitrogens is 3. The number of ketones is 1. The minimum absolute atomic E-state index is 0.0100. The summed E-state index contributed by atoms with van der Waals surface area (Å²) >= 11 is 0. The Balaban J connectivity index is 1.71. The van der Waals surface area contributed by atoms with Gasteiger partial charge in [-0.2, -0.15) is 5.10 Å². The first-order valence-corrected chi connectivity index (χ1v) is 9.26. The zero-order chi connectivity index (χ0) is 19.1. The molecule has 6 heteroatoms. The maximum Gasteiger partial charge on any atom is 0.167 e. The van der Waals surface area contributed by atoms with Gasteiger partial charge in [-0.15, -0.1) is 0 Å². The van der Waals surface area contributed by atoms with Gasteiger partial charge in [0.2, 0.25) is 0 Å². The van der Waals surface area contributed by atoms with E-state index in [1.54, 1.807) is 19.6 Å². The largest absolute Gasteiger partial charge is 0.469 e. The Morgan fingerprint density at radius 1 is 1.18 bits per heavy atom. The highest BCUT2D eigenvalue weighted by molar-refractivity contribution is 5.99. The molecule has 0 amide bonds. The number of rotatable bonds is 4. The van der Waals surface area contributed by atoms with Gasteiger partial charge in [0, 0.05) is 32.1 Å². The first kappa shape index (κ1) is 16.9. The molecule has 0 bridgehead atoms. The Morgan fingerprint density at radius 2 is 2.04 bits per heavy atom. The van der Waals surface area contributed by atoms with Crippen molar-refractivity contribution in [3.8, 4) is 11.1 Å². The Morgan fingerprint density at radius 3 is 2.79 bits per heavy atom. The van der Waals surface area contributed by atoms with Crippen molar-refractivity contribution in [2.45, 2.75) is 25.4 Å². The van der Waals surface area contributed by atoms with Gasteiger partial charge in [-0.1, -0.05) is 30.3 Å². The number of fused-ring (bicyclic) bond motifs is 3. The second-order valence-electron chi connectivity index (χ2n) is 7.02. The quantitative estimate of drug-likeness (QED) is 0.540. The molecule has 3 aromatic heterocycles. The van der Waals surface area contributed by atoms with Crippen molar-refractivity contribution in [2.75, 3.05) is 7.11 Å². The van der Waals surface area contributed by atoms with E-state index in [9.17, 15) is 4.79 Å². The molecular weight excluding hydrogens is 354 g/mol. The fourth-order valence-electron chi connectivity index (χ4n) is 4.01. The van der Waals surface area contributed by atoms with Crippen LogP contribution in [0.4, 0.5) is 0 Å². The number of carbonyl (C=O) groups excluding carboxylic acids is 1. The van der Waals surface area contributed by atoms with Gasteiger partial charge >= 0.3 is 0 Å². The van der Waals surface area contributed by atoms with E-state index in [2.05, 4.69) is 4.98 Å². The molecule has 0 radical (unpaired) electrons. The van der Waals surface area contributed by atoms with Crippen LogP contribution in [-0.4, -0.2) is 27.5 Å². The van der Waals surface area contributed by atoms with E-state index < -0.39 is 0 Å². The molecule has 1 aromatic carbocycles. The summed E-state index contributed by atoms with van der Waals surface area (Å²) in [6.07, 6.45) is 4.44. The van der Waals surface area contributed by atoms with Crippen LogP contribution in [-0.2, 0) is 17.8 Å². The first-order chi connectivity index (χ1) is 13.8. The van der Waals surface area contributed by atoms with Crippen LogP contribution in [0, 0.1) is 0 Å². The number of furan rings is 1. The van der Waals surface area contributed by atoms with Crippen molar-refractivity contribution in [1.82, 2.24) is 14.6 Å². The van der Waals surface area contributed by atoms with Gasteiger partial charge in [-0.3, -0.25) is 4.79 Å². The first-order valence-electron chi connectivity index (χ1n) is 9.26. The summed E-state index contributed by atoms with van der Waals surface area (Å²) < 4.78 is 12.8. The van der Waals surface area contributed by atoms with Crippen molar-refractivity contribution < 1.29 is 13.9 Å². The van der Waals surface area contributed by atoms with Crippen LogP contribution in [0.15, 0.2) is 59.3 Å². The summed E-state index contributed by atoms with van der Waals surface area (Å²) in [6.45, 7) is 0.373. The third-order valence-corrected chi connectivity index (χ3v) is 5.28. The Hall–Kier alpha value is -3.25. The lowest BCUT2D eigenvalue weighted by Crippen LogP contribution is -2.22. The lowest BCUT2D eigenvalue weighted by molar-refractivity contribution is 0.0958. The predicted octanol–water partition coefficient (Wildman–Crippen LogP) is 4.05. The van der Waals surface area contributed by atoms with Crippen LogP contribution in [0.1, 0.15) is 39.8 Å². The number of Topliss-reactive ketones (excluding diaryl/α,β-unsaturated/α-hetero) is 1. The summed E-state index contributed by atoms with van der Waals surface area (Å²) in [5.74, 6) is 0.912. The zero-order valence-corrected chi connectivity index (χ0v) is 15.5. The molecule has 0 aliphatic heterocycles. The second-order valence-corrected chi connectivity index (χ2v) is 7.02. The van der Waals surface area contributed by atoms with Crippen LogP contribution in [0.25, 0.3) is 16.8 Å². The highest BCUT2D eigenvalue weighted by Crippen LogP contribution is 2.35. The smallest absolute Gasteiger partial charge is 0.167 e. The molecule has 0 N–H and O–H groups in total. The normalized spacial score (nSPS) is 16.5. The average Bonchev–Trinajstić information content (AvgIpc) is 3.37. The fraction of sp³-hybridized carbons (Fsp3) is 0.227. The molecule has 0 fully saturated rings. The Bertz CT molecular complexity index is 1150. The number of hydrogen-bond acceptors (Lipinski definition) is 5. The van der Waals surface area contributed by atoms with Gasteiger partial charge in [0.25, 0.3) is 0 Å². The number of methoxy groups -OCH3 is 1. The molecular formula is C22H19N3O3. The molecule has 6 nitrogen and oxygen atoms in total. The van der Waals surface area contributed by atoms with Crippen LogP contribution >= 0.6 is 0 Å². The fourth-order valence-corrected chi connectivity index (χ4v) is 4.01. The number of nitrogens with zero attached hydrogens (tertiary/aromatic N) is 3. The molecule has 28 heavy (non-hydrogen) atoms. The van der Waals surface area contributed by atoms with Crippen LogP contribution in [0.3, 0.4) is 0 Å². The lowest BCUT2D eigenvalue weighted by Gasteiger charge is -2.22. The van der Waals surface area contributed by atoms with Crippen molar-refractivity contribution in [1.29, 1.82) is 0 Å². The van der Waals surface area contributed by atoms with Crippen molar-refractivity contribution in [2.24, 2.45) is 0 Å². The molecule has 4 aromatic rings. The second kappa shape index (κ2) is 6.73. The standard InChI is InChI=1S/C22H19N3O3/c1-27-13-17-21(14-6-3-2-4-7-14)22-23-12-16-18(25(22)24-17)10-15(11-19(16)26)20-8-5-9-28-20/h2-9,12,15H,10-11,13H2,1H3. The third kappa shape index (κ3) is 2.65. The summed E-state index contributed by atoms with van der Waals surface area (Å²) in [7, 11) is 1.65. The van der Waals surface area contributed by atoms with Gasteiger partial charge < -0.3 is 9.15 Å². The minimum Gasteiger partial charge on any atom is -0.469 e. The minimum atomic E-state index is 0.0100. The van der Waals surface area contributed by atoms with Crippen LogP contribution in [0.2, 0.25) is 0 Å². The van der Waals surface area contributed by atoms with Crippen LogP contribution in [0.5, 0.6) is 0 Å². The molecule has 140 valence electrons. The van der Waals surface area contributed by atoms with Gasteiger partial charge in [0.1, 0.15) is 5.76 Å². The Kier molecular flexibility index (Phi) is 4.06. The van der Waals surface area contributed by atoms with E-state index in [4.69, 9.17) is 14.3 Å². The van der Waals surface area contributed by atoms with Crippen molar-refractivity contribution in [3.63, 3.8) is 0 Å². The monoisotopic (exact) mass is 373 g/mol. The number of benzene rings is 1. The number of hydrogen-bond donors (Lipinski definition) is 0. The average molecular weight is 373 g/mol. The maximum absolute atomic E-state index is 12.8. The molecule has 5 rings (SSSR count). The van der Waals surface area contributed by atoms with Gasteiger partial charge in [-0.05, 0) is 17.7 Å². The van der Waals surface area contributed by atoms with E-state index in [1.165, 1.54) is 0 Å². The molecule has 0 spiro atoms. The van der Waals surface area contributed by atoms with E-state index in [0.717, 1.165) is 33.9 Å². The molecule has 0 saturated carbocycles. The predicted molar refractivity (Wildman–Crippen MR) is 103 cm³/mol. The number of carbonyl (C=O) groups is 1. The molecule has 0 saturated heterocycles. The summed E-state index contributed by atoms with van der Waals surface area (Å²) in [4.78, 5) is 17.4. The molecule has 1 unspecified atom stereocenters. The summed E-state index contributed by atoms with van der Waals surface area (Å²) in [5.41, 5.74) is 5.04. The summed E-state index contributed by atoms with van der Waals surface area (Å²) in [6, 6.07) is 13.8. The Labute approximate surface area is 161 Å². The highest BCUT2D eigenvalue weighted by Gasteiger charge is 2.31. The van der Waals surface area contributed by atoms with E-state index in [0.29, 0.717) is 25.0 Å². The molecule has 1 aliphatic carbocycles. The topological polar surface area (TPSA) is 69.6 Å². The molecule has 3 heterocycles. The van der Waals surface area contributed by atoms with Gasteiger partial charge in [0.05, 0.1) is 35.4 Å². The number of ether oxygens (including phenoxy) is 1. The highest BCUT2D eigenvalue weighted by atomic mass is 16.5. The molecule has 1 aliphatic rings. The van der Waals surface area contributed by atoms with Crippen molar-refractivity contribution in [3.05, 3.63) is 77.6 Å². The SMILES string of the molecule is COCc1nn2c3c(cnc2c1-c1ccccc1)C(=O)CC(c1ccco1)C3. The van der Waals surface area contributed by atoms with Gasteiger partial charge in [-0.25, -0.2) is 9.50 Å². The maximum atomic E-state index is 12.8. The van der Waals surface area contributed by atoms with Crippen molar-refractivity contribution >= 4 is 11.4 Å². The van der Waals surface area contributed by atoms with E-state index in [-0.39, 0.29) is 11.7 Å². The van der Waals surface area contributed by atoms with Crippen LogP contribution < -0.4 is 0 Å². The van der Waals surface area contributed by atoms with E-state index >= 15 is 0 Å².